The number of likely N-dealkylation sites (N-methyl/N-ethyl adjacent to an activating group) is 1. The lowest BCUT2D eigenvalue weighted by molar-refractivity contribution is -0.139. The molecule has 1 saturated heterocycles. The number of halogens is 2. The predicted octanol–water partition coefficient (Wildman–Crippen LogP) is 3.33. The molecule has 33 heavy (non-hydrogen) atoms. The molecule has 0 saturated carbocycles. The molecule has 176 valence electrons. The molecule has 0 radical (unpaired) electrons. The summed E-state index contributed by atoms with van der Waals surface area (Å²) in [7, 11) is -1.93. The van der Waals surface area contributed by atoms with E-state index >= 15 is 0 Å². The molecule has 0 spiro atoms. The van der Waals surface area contributed by atoms with Gasteiger partial charge in [-0.3, -0.25) is 4.99 Å². The van der Waals surface area contributed by atoms with Crippen LogP contribution in [-0.2, 0) is 19.6 Å². The van der Waals surface area contributed by atoms with E-state index in [-0.39, 0.29) is 6.61 Å². The molecule has 0 N–H and O–H groups in total. The maximum Gasteiger partial charge on any atom is 0.338 e. The van der Waals surface area contributed by atoms with Crippen molar-refractivity contribution < 1.29 is 22.3 Å². The van der Waals surface area contributed by atoms with Gasteiger partial charge in [-0.2, -0.15) is 4.31 Å². The van der Waals surface area contributed by atoms with Gasteiger partial charge in [0.2, 0.25) is 10.0 Å². The van der Waals surface area contributed by atoms with Gasteiger partial charge in [0.1, 0.15) is 11.9 Å². The number of thiazole rings is 1. The zero-order valence-electron chi connectivity index (χ0n) is 18.2. The van der Waals surface area contributed by atoms with Gasteiger partial charge in [0.15, 0.2) is 10.8 Å². The fourth-order valence-corrected chi connectivity index (χ4v) is 5.90. The maximum absolute atomic E-state index is 13.8. The molecule has 8 nitrogen and oxygen atoms in total. The second kappa shape index (κ2) is 9.24. The molecule has 0 unspecified atom stereocenters. The van der Waals surface area contributed by atoms with Crippen molar-refractivity contribution in [2.45, 2.75) is 25.4 Å². The van der Waals surface area contributed by atoms with Gasteiger partial charge in [-0.05, 0) is 24.6 Å². The van der Waals surface area contributed by atoms with Crippen molar-refractivity contribution >= 4 is 49.1 Å². The molecular weight excluding hydrogens is 535 g/mol. The van der Waals surface area contributed by atoms with Crippen LogP contribution in [-0.4, -0.2) is 66.9 Å². The van der Waals surface area contributed by atoms with Crippen molar-refractivity contribution in [3.63, 3.8) is 0 Å². The molecule has 2 aliphatic heterocycles. The van der Waals surface area contributed by atoms with E-state index in [1.807, 2.05) is 10.3 Å². The van der Waals surface area contributed by atoms with E-state index in [1.54, 1.807) is 19.2 Å². The quantitative estimate of drug-likeness (QED) is 0.507. The molecular formula is C21H22BrFN4O4S2. The first-order valence-corrected chi connectivity index (χ1v) is 13.7. The average Bonchev–Trinajstić information content (AvgIpc) is 3.42. The first kappa shape index (κ1) is 24.0. The third-order valence-corrected chi connectivity index (χ3v) is 8.45. The molecule has 1 fully saturated rings. The number of esters is 1. The molecule has 1 aromatic heterocycles. The zero-order valence-corrected chi connectivity index (χ0v) is 21.4. The lowest BCUT2D eigenvalue weighted by Gasteiger charge is -2.32. The number of aliphatic imine (C=N–C) groups is 1. The van der Waals surface area contributed by atoms with Crippen LogP contribution in [0.5, 0.6) is 0 Å². The monoisotopic (exact) mass is 556 g/mol. The Morgan fingerprint density at radius 1 is 1.42 bits per heavy atom. The van der Waals surface area contributed by atoms with E-state index in [0.29, 0.717) is 45.1 Å². The Labute approximate surface area is 204 Å². The molecule has 3 heterocycles. The number of carbonyl (C=O) groups is 1. The summed E-state index contributed by atoms with van der Waals surface area (Å²) in [5.41, 5.74) is 1.55. The van der Waals surface area contributed by atoms with Crippen LogP contribution in [0.1, 0.15) is 30.0 Å². The first-order valence-electron chi connectivity index (χ1n) is 10.1. The van der Waals surface area contributed by atoms with E-state index in [2.05, 4.69) is 20.9 Å². The van der Waals surface area contributed by atoms with Crippen LogP contribution in [0.4, 0.5) is 4.39 Å². The summed E-state index contributed by atoms with van der Waals surface area (Å²) in [6, 6.07) is 3.04. The molecule has 2 aromatic rings. The Balaban J connectivity index is 1.91. The highest BCUT2D eigenvalue weighted by atomic mass is 79.9. The fraction of sp³-hybridized carbons (Fsp3) is 0.381. The summed E-state index contributed by atoms with van der Waals surface area (Å²) in [6.07, 6.45) is 3.11. The van der Waals surface area contributed by atoms with Crippen molar-refractivity contribution in [2.75, 3.05) is 26.5 Å². The molecule has 0 aliphatic carbocycles. The minimum absolute atomic E-state index is 0.169. The van der Waals surface area contributed by atoms with Gasteiger partial charge in [-0.25, -0.2) is 22.6 Å². The van der Waals surface area contributed by atoms with Crippen LogP contribution in [0, 0.1) is 5.82 Å². The summed E-state index contributed by atoms with van der Waals surface area (Å²) in [5.74, 6) is -0.421. The standard InChI is InChI=1S/C21H22BrFN4O4S2/c1-4-31-21(28)17-16-10-13(26(2)33(3,29)30)11-27(16)19(20-24-7-8-32-20)25-18(17)14-6-5-12(23)9-15(14)22/h5-9,13,18H,4,10-11H2,1-3H3/t13-,18+/m1/s1. The van der Waals surface area contributed by atoms with Crippen molar-refractivity contribution in [2.24, 2.45) is 4.99 Å². The van der Waals surface area contributed by atoms with Crippen molar-refractivity contribution in [3.8, 4) is 0 Å². The van der Waals surface area contributed by atoms with Crippen LogP contribution < -0.4 is 0 Å². The van der Waals surface area contributed by atoms with E-state index in [4.69, 9.17) is 9.73 Å². The van der Waals surface area contributed by atoms with Crippen LogP contribution in [0.15, 0.2) is 50.5 Å². The molecule has 2 aliphatic rings. The van der Waals surface area contributed by atoms with Gasteiger partial charge < -0.3 is 9.64 Å². The lowest BCUT2D eigenvalue weighted by atomic mass is 9.94. The highest BCUT2D eigenvalue weighted by Crippen LogP contribution is 2.43. The second-order valence-electron chi connectivity index (χ2n) is 7.69. The number of aromatic nitrogens is 1. The maximum atomic E-state index is 13.8. The number of rotatable bonds is 6. The highest BCUT2D eigenvalue weighted by Gasteiger charge is 2.44. The summed E-state index contributed by atoms with van der Waals surface area (Å²) < 4.78 is 45.4. The number of benzene rings is 1. The van der Waals surface area contributed by atoms with E-state index in [9.17, 15) is 17.6 Å². The topological polar surface area (TPSA) is 92.2 Å². The molecule has 0 amide bonds. The fourth-order valence-electron chi connectivity index (χ4n) is 4.01. The van der Waals surface area contributed by atoms with Gasteiger partial charge in [-0.15, -0.1) is 11.3 Å². The third kappa shape index (κ3) is 4.61. The smallest absolute Gasteiger partial charge is 0.338 e. The highest BCUT2D eigenvalue weighted by molar-refractivity contribution is 9.10. The van der Waals surface area contributed by atoms with Crippen LogP contribution in [0.2, 0.25) is 0 Å². The van der Waals surface area contributed by atoms with E-state index < -0.39 is 33.9 Å². The Bertz CT molecular complexity index is 1250. The predicted molar refractivity (Wildman–Crippen MR) is 127 cm³/mol. The van der Waals surface area contributed by atoms with Crippen molar-refractivity contribution in [3.05, 3.63) is 61.9 Å². The molecule has 0 bridgehead atoms. The normalized spacial score (nSPS) is 20.8. The Morgan fingerprint density at radius 3 is 2.79 bits per heavy atom. The molecule has 1 aromatic carbocycles. The number of hydrogen-bond donors (Lipinski definition) is 0. The number of amidine groups is 1. The summed E-state index contributed by atoms with van der Waals surface area (Å²) in [4.78, 5) is 24.3. The first-order chi connectivity index (χ1) is 15.6. The largest absolute Gasteiger partial charge is 0.463 e. The number of ether oxygens (including phenoxy) is 1. The third-order valence-electron chi connectivity index (χ3n) is 5.65. The summed E-state index contributed by atoms with van der Waals surface area (Å²) in [5, 5.41) is 2.46. The number of sulfonamides is 1. The van der Waals surface area contributed by atoms with Gasteiger partial charge >= 0.3 is 5.97 Å². The van der Waals surface area contributed by atoms with Crippen LogP contribution in [0.25, 0.3) is 0 Å². The summed E-state index contributed by atoms with van der Waals surface area (Å²) in [6.45, 7) is 2.20. The SMILES string of the molecule is CCOC(=O)C1=C2C[C@@H](N(C)S(C)(=O)=O)CN2C(c2nccs2)=N[C@H]1c1ccc(F)cc1Br. The summed E-state index contributed by atoms with van der Waals surface area (Å²) >= 11 is 4.79. The molecule has 4 rings (SSSR count). The minimum atomic E-state index is -3.46. The Kier molecular flexibility index (Phi) is 6.72. The Hall–Kier alpha value is -2.15. The average molecular weight is 557 g/mol. The van der Waals surface area contributed by atoms with Crippen molar-refractivity contribution in [1.82, 2.24) is 14.2 Å². The van der Waals surface area contributed by atoms with Gasteiger partial charge in [0.05, 0.1) is 18.4 Å². The molecule has 12 heteroatoms. The number of nitrogens with zero attached hydrogens (tertiary/aromatic N) is 4. The Morgan fingerprint density at radius 2 is 2.18 bits per heavy atom. The van der Waals surface area contributed by atoms with E-state index in [0.717, 1.165) is 6.26 Å². The van der Waals surface area contributed by atoms with Gasteiger partial charge in [0, 0.05) is 47.8 Å². The van der Waals surface area contributed by atoms with Crippen LogP contribution in [0.3, 0.4) is 0 Å². The number of carbonyl (C=O) groups excluding carboxylic acids is 1. The number of fused-ring (bicyclic) bond motifs is 1. The second-order valence-corrected chi connectivity index (χ2v) is 11.5. The van der Waals surface area contributed by atoms with Crippen LogP contribution >= 0.6 is 27.3 Å². The van der Waals surface area contributed by atoms with E-state index in [1.165, 1.54) is 34.8 Å². The lowest BCUT2D eigenvalue weighted by Crippen LogP contribution is -2.40. The molecule has 2 atom stereocenters. The van der Waals surface area contributed by atoms with Gasteiger partial charge in [-0.1, -0.05) is 22.0 Å². The van der Waals surface area contributed by atoms with Gasteiger partial charge in [0.25, 0.3) is 0 Å². The minimum Gasteiger partial charge on any atom is -0.463 e. The zero-order chi connectivity index (χ0) is 23.9. The van der Waals surface area contributed by atoms with Crippen molar-refractivity contribution in [1.29, 1.82) is 0 Å². The number of hydrogen-bond acceptors (Lipinski definition) is 8.